The molecule has 0 aliphatic heterocycles. The highest BCUT2D eigenvalue weighted by Gasteiger charge is 2.14. The zero-order valence-corrected chi connectivity index (χ0v) is 10.4. The Morgan fingerprint density at radius 3 is 2.65 bits per heavy atom. The molecule has 0 aliphatic carbocycles. The Morgan fingerprint density at radius 1 is 1.35 bits per heavy atom. The summed E-state index contributed by atoms with van der Waals surface area (Å²) >= 11 is 0. The minimum absolute atomic E-state index is 0.0209. The van der Waals surface area contributed by atoms with Crippen molar-refractivity contribution >= 4 is 5.82 Å². The van der Waals surface area contributed by atoms with E-state index in [-0.39, 0.29) is 17.8 Å². The van der Waals surface area contributed by atoms with E-state index >= 15 is 0 Å². The molecule has 0 fully saturated rings. The molecule has 96 valence electrons. The van der Waals surface area contributed by atoms with Gasteiger partial charge in [0.2, 0.25) is 0 Å². The van der Waals surface area contributed by atoms with Crippen LogP contribution in [-0.4, -0.2) is 17.6 Å². The van der Waals surface area contributed by atoms with E-state index in [0.29, 0.717) is 6.54 Å². The molecule has 17 heavy (non-hydrogen) atoms. The minimum Gasteiger partial charge on any atom is -0.473 e. The monoisotopic (exact) mass is 244 g/mol. The number of hydrogen-bond acceptors (Lipinski definition) is 3. The summed E-state index contributed by atoms with van der Waals surface area (Å²) in [6.45, 7) is 6.17. The van der Waals surface area contributed by atoms with Crippen LogP contribution in [0.1, 0.15) is 33.6 Å². The van der Waals surface area contributed by atoms with Gasteiger partial charge in [-0.1, -0.05) is 13.3 Å². The van der Waals surface area contributed by atoms with E-state index in [4.69, 9.17) is 4.74 Å². The highest BCUT2D eigenvalue weighted by Crippen LogP contribution is 2.22. The van der Waals surface area contributed by atoms with Gasteiger partial charge >= 0.3 is 0 Å². The van der Waals surface area contributed by atoms with Crippen molar-refractivity contribution in [2.45, 2.75) is 39.7 Å². The second-order valence-electron chi connectivity index (χ2n) is 3.85. The van der Waals surface area contributed by atoms with E-state index in [0.717, 1.165) is 18.9 Å². The number of nitrogens with zero attached hydrogens (tertiary/aromatic N) is 1. The summed E-state index contributed by atoms with van der Waals surface area (Å²) in [6, 6.07) is 0.791. The van der Waals surface area contributed by atoms with Crippen LogP contribution in [0.2, 0.25) is 0 Å². The first-order valence-electron chi connectivity index (χ1n) is 5.85. The van der Waals surface area contributed by atoms with Crippen LogP contribution in [0.15, 0.2) is 6.07 Å². The van der Waals surface area contributed by atoms with Crippen molar-refractivity contribution < 1.29 is 13.5 Å². The Balaban J connectivity index is 2.87. The lowest BCUT2D eigenvalue weighted by Gasteiger charge is -2.14. The third kappa shape index (κ3) is 3.84. The Morgan fingerprint density at radius 2 is 2.06 bits per heavy atom. The quantitative estimate of drug-likeness (QED) is 0.833. The van der Waals surface area contributed by atoms with Crippen LogP contribution in [0.5, 0.6) is 5.88 Å². The molecule has 5 heteroatoms. The van der Waals surface area contributed by atoms with Gasteiger partial charge in [0.15, 0.2) is 17.5 Å². The first-order valence-corrected chi connectivity index (χ1v) is 5.85. The molecule has 0 amide bonds. The first kappa shape index (κ1) is 13.7. The normalized spacial score (nSPS) is 12.3. The Kier molecular flexibility index (Phi) is 5.12. The lowest BCUT2D eigenvalue weighted by atomic mass is 10.2. The molecule has 1 atom stereocenters. The van der Waals surface area contributed by atoms with Gasteiger partial charge in [-0.2, -0.15) is 4.98 Å². The van der Waals surface area contributed by atoms with Gasteiger partial charge in [-0.3, -0.25) is 0 Å². The van der Waals surface area contributed by atoms with E-state index in [9.17, 15) is 8.78 Å². The van der Waals surface area contributed by atoms with Gasteiger partial charge in [-0.15, -0.1) is 0 Å². The maximum Gasteiger partial charge on any atom is 0.252 e. The van der Waals surface area contributed by atoms with Crippen LogP contribution in [-0.2, 0) is 0 Å². The molecule has 3 nitrogen and oxygen atoms in total. The fourth-order valence-corrected chi connectivity index (χ4v) is 1.48. The maximum atomic E-state index is 13.4. The highest BCUT2D eigenvalue weighted by atomic mass is 19.1. The van der Waals surface area contributed by atoms with Crippen molar-refractivity contribution in [3.05, 3.63) is 17.7 Å². The van der Waals surface area contributed by atoms with Gasteiger partial charge in [0, 0.05) is 12.6 Å². The summed E-state index contributed by atoms with van der Waals surface area (Å²) in [7, 11) is 0. The Labute approximate surface area is 100 Å². The summed E-state index contributed by atoms with van der Waals surface area (Å²) in [4.78, 5) is 3.80. The van der Waals surface area contributed by atoms with Crippen LogP contribution >= 0.6 is 0 Å². The molecular weight excluding hydrogens is 226 g/mol. The van der Waals surface area contributed by atoms with Crippen molar-refractivity contribution in [3.63, 3.8) is 0 Å². The SMILES string of the molecule is CCCC(C)Oc1nc(NCC)c(F)cc1F. The summed E-state index contributed by atoms with van der Waals surface area (Å²) in [5.41, 5.74) is 0. The third-order valence-electron chi connectivity index (χ3n) is 2.25. The van der Waals surface area contributed by atoms with E-state index in [1.165, 1.54) is 0 Å². The first-order chi connectivity index (χ1) is 8.08. The van der Waals surface area contributed by atoms with E-state index in [1.807, 2.05) is 20.8 Å². The van der Waals surface area contributed by atoms with Gasteiger partial charge in [-0.05, 0) is 20.3 Å². The largest absolute Gasteiger partial charge is 0.473 e. The van der Waals surface area contributed by atoms with Crippen LogP contribution < -0.4 is 10.1 Å². The minimum atomic E-state index is -0.771. The summed E-state index contributed by atoms with van der Waals surface area (Å²) in [5, 5.41) is 2.72. The van der Waals surface area contributed by atoms with E-state index < -0.39 is 11.6 Å². The van der Waals surface area contributed by atoms with Gasteiger partial charge < -0.3 is 10.1 Å². The molecule has 0 bridgehead atoms. The molecule has 1 rings (SSSR count). The zero-order valence-electron chi connectivity index (χ0n) is 10.4. The molecule has 0 aliphatic rings. The number of rotatable bonds is 6. The standard InChI is InChI=1S/C12H18F2N2O/c1-4-6-8(3)17-12-10(14)7-9(13)11(16-12)15-5-2/h7-8H,4-6H2,1-3H3,(H,15,16). The molecular formula is C12H18F2N2O. The van der Waals surface area contributed by atoms with Crippen molar-refractivity contribution in [1.82, 2.24) is 4.98 Å². The molecule has 1 N–H and O–H groups in total. The third-order valence-corrected chi connectivity index (χ3v) is 2.25. The van der Waals surface area contributed by atoms with Crippen LogP contribution in [0.3, 0.4) is 0 Å². The summed E-state index contributed by atoms with van der Waals surface area (Å²) in [5.74, 6) is -1.61. The average Bonchev–Trinajstić information content (AvgIpc) is 2.25. The molecule has 1 unspecified atom stereocenters. The molecule has 0 saturated heterocycles. The molecule has 1 aromatic heterocycles. The fourth-order valence-electron chi connectivity index (χ4n) is 1.48. The molecule has 0 radical (unpaired) electrons. The second kappa shape index (κ2) is 6.37. The molecule has 0 spiro atoms. The van der Waals surface area contributed by atoms with Crippen LogP contribution in [0.25, 0.3) is 0 Å². The predicted molar refractivity (Wildman–Crippen MR) is 63.3 cm³/mol. The smallest absolute Gasteiger partial charge is 0.252 e. The molecule has 0 saturated carbocycles. The number of aromatic nitrogens is 1. The Bertz CT molecular complexity index is 372. The molecule has 0 aromatic carbocycles. The lowest BCUT2D eigenvalue weighted by molar-refractivity contribution is 0.191. The average molecular weight is 244 g/mol. The summed E-state index contributed by atoms with van der Waals surface area (Å²) < 4.78 is 32.0. The van der Waals surface area contributed by atoms with Gasteiger partial charge in [-0.25, -0.2) is 8.78 Å². The van der Waals surface area contributed by atoms with Crippen LogP contribution in [0.4, 0.5) is 14.6 Å². The zero-order chi connectivity index (χ0) is 12.8. The topological polar surface area (TPSA) is 34.1 Å². The summed E-state index contributed by atoms with van der Waals surface area (Å²) in [6.07, 6.45) is 1.60. The fraction of sp³-hybridized carbons (Fsp3) is 0.583. The van der Waals surface area contributed by atoms with E-state index in [1.54, 1.807) is 0 Å². The number of hydrogen-bond donors (Lipinski definition) is 1. The highest BCUT2D eigenvalue weighted by molar-refractivity contribution is 5.39. The van der Waals surface area contributed by atoms with Crippen molar-refractivity contribution in [3.8, 4) is 5.88 Å². The van der Waals surface area contributed by atoms with Gasteiger partial charge in [0.05, 0.1) is 6.10 Å². The number of ether oxygens (including phenoxy) is 1. The predicted octanol–water partition coefficient (Wildman–Crippen LogP) is 3.36. The lowest BCUT2D eigenvalue weighted by Crippen LogP contribution is -2.14. The van der Waals surface area contributed by atoms with E-state index in [2.05, 4.69) is 10.3 Å². The maximum absolute atomic E-state index is 13.4. The molecule has 1 heterocycles. The Hall–Kier alpha value is -1.39. The number of pyridine rings is 1. The number of halogens is 2. The van der Waals surface area contributed by atoms with Crippen molar-refractivity contribution in [2.24, 2.45) is 0 Å². The molecule has 1 aromatic rings. The van der Waals surface area contributed by atoms with Gasteiger partial charge in [0.25, 0.3) is 5.88 Å². The van der Waals surface area contributed by atoms with Crippen LogP contribution in [0, 0.1) is 11.6 Å². The van der Waals surface area contributed by atoms with Gasteiger partial charge in [0.1, 0.15) is 0 Å². The second-order valence-corrected chi connectivity index (χ2v) is 3.85. The number of anilines is 1. The van der Waals surface area contributed by atoms with Crippen molar-refractivity contribution in [2.75, 3.05) is 11.9 Å². The van der Waals surface area contributed by atoms with Crippen molar-refractivity contribution in [1.29, 1.82) is 0 Å². The number of nitrogens with one attached hydrogen (secondary N) is 1.